The molecule has 0 spiro atoms. The van der Waals surface area contributed by atoms with E-state index in [9.17, 15) is 0 Å². The molecule has 3 heterocycles. The predicted octanol–water partition coefficient (Wildman–Crippen LogP) is 3.69. The van der Waals surface area contributed by atoms with Gasteiger partial charge in [-0.15, -0.1) is 5.10 Å². The fourth-order valence-corrected chi connectivity index (χ4v) is 3.31. The van der Waals surface area contributed by atoms with E-state index in [-0.39, 0.29) is 0 Å². The Morgan fingerprint density at radius 3 is 2.69 bits per heavy atom. The summed E-state index contributed by atoms with van der Waals surface area (Å²) in [5, 5.41) is 16.4. The molecule has 5 rings (SSSR count). The summed E-state index contributed by atoms with van der Waals surface area (Å²) in [6, 6.07) is 12.9. The Morgan fingerprint density at radius 1 is 1.10 bits per heavy atom. The van der Waals surface area contributed by atoms with E-state index < -0.39 is 0 Å². The van der Waals surface area contributed by atoms with Crippen LogP contribution < -0.4 is 4.74 Å². The normalized spacial score (nSPS) is 11.3. The van der Waals surface area contributed by atoms with E-state index in [1.54, 1.807) is 27.8 Å². The van der Waals surface area contributed by atoms with E-state index in [0.29, 0.717) is 22.5 Å². The molecule has 144 valence electrons. The molecule has 0 radical (unpaired) electrons. The van der Waals surface area contributed by atoms with Crippen LogP contribution in [0.4, 0.5) is 0 Å². The fourth-order valence-electron chi connectivity index (χ4n) is 3.18. The number of hydrogen-bond donors (Lipinski definition) is 1. The third-order valence-corrected chi connectivity index (χ3v) is 4.77. The molecule has 0 unspecified atom stereocenters. The van der Waals surface area contributed by atoms with E-state index in [2.05, 4.69) is 25.6 Å². The SMILES string of the molecule is Cc1nn(C)c(Oc2ccc(Cl)cc2)c1-c1nc2ccc(-n3cnnn3)cc2[nH]1. The van der Waals surface area contributed by atoms with Gasteiger partial charge in [0.1, 0.15) is 23.5 Å². The van der Waals surface area contributed by atoms with Crippen LogP contribution in [0.25, 0.3) is 28.1 Å². The van der Waals surface area contributed by atoms with Crippen LogP contribution in [0.5, 0.6) is 11.6 Å². The number of aromatic amines is 1. The monoisotopic (exact) mass is 406 g/mol. The minimum absolute atomic E-state index is 0.588. The van der Waals surface area contributed by atoms with E-state index >= 15 is 0 Å². The van der Waals surface area contributed by atoms with Crippen LogP contribution in [-0.4, -0.2) is 40.0 Å². The van der Waals surface area contributed by atoms with Gasteiger partial charge in [0.15, 0.2) is 0 Å². The minimum atomic E-state index is 0.588. The van der Waals surface area contributed by atoms with Gasteiger partial charge in [-0.25, -0.2) is 14.3 Å². The van der Waals surface area contributed by atoms with Crippen molar-refractivity contribution in [3.8, 4) is 28.7 Å². The van der Waals surface area contributed by atoms with E-state index in [0.717, 1.165) is 28.0 Å². The number of aromatic nitrogens is 8. The molecule has 2 aromatic carbocycles. The molecule has 10 heteroatoms. The molecule has 0 aliphatic rings. The maximum Gasteiger partial charge on any atom is 0.228 e. The Hall–Kier alpha value is -3.72. The lowest BCUT2D eigenvalue weighted by molar-refractivity contribution is 0.432. The number of ether oxygens (including phenoxy) is 1. The second-order valence-electron chi connectivity index (χ2n) is 6.49. The summed E-state index contributed by atoms with van der Waals surface area (Å²) in [5.74, 6) is 1.92. The highest BCUT2D eigenvalue weighted by atomic mass is 35.5. The highest BCUT2D eigenvalue weighted by molar-refractivity contribution is 6.30. The summed E-state index contributed by atoms with van der Waals surface area (Å²) in [4.78, 5) is 8.08. The first-order valence-corrected chi connectivity index (χ1v) is 9.17. The van der Waals surface area contributed by atoms with Crippen molar-refractivity contribution in [3.63, 3.8) is 0 Å². The van der Waals surface area contributed by atoms with Crippen molar-refractivity contribution in [1.82, 2.24) is 40.0 Å². The van der Waals surface area contributed by atoms with Crippen molar-refractivity contribution in [3.05, 3.63) is 59.5 Å². The zero-order valence-corrected chi connectivity index (χ0v) is 16.3. The standard InChI is InChI=1S/C19H15ClN8O/c1-11-17(19(27(2)24-11)29-14-6-3-12(20)4-7-14)18-22-15-8-5-13(9-16(15)23-18)28-10-21-25-26-28/h3-10H,1-2H3,(H,22,23). The Bertz CT molecular complexity index is 1300. The second kappa shape index (κ2) is 6.71. The number of halogens is 1. The zero-order chi connectivity index (χ0) is 20.0. The molecule has 0 amide bonds. The lowest BCUT2D eigenvalue weighted by atomic mass is 10.2. The van der Waals surface area contributed by atoms with Crippen molar-refractivity contribution < 1.29 is 4.74 Å². The van der Waals surface area contributed by atoms with Gasteiger partial charge in [0, 0.05) is 12.1 Å². The lowest BCUT2D eigenvalue weighted by Gasteiger charge is -2.07. The van der Waals surface area contributed by atoms with Gasteiger partial charge in [-0.3, -0.25) is 0 Å². The Morgan fingerprint density at radius 2 is 1.93 bits per heavy atom. The van der Waals surface area contributed by atoms with E-state index in [1.165, 1.54) is 0 Å². The van der Waals surface area contributed by atoms with Gasteiger partial charge in [0.05, 0.1) is 22.4 Å². The number of nitrogens with one attached hydrogen (secondary N) is 1. The summed E-state index contributed by atoms with van der Waals surface area (Å²) in [5.41, 5.74) is 4.10. The van der Waals surface area contributed by atoms with Crippen LogP contribution in [0.1, 0.15) is 5.69 Å². The molecule has 9 nitrogen and oxygen atoms in total. The number of tetrazole rings is 1. The van der Waals surface area contributed by atoms with Gasteiger partial charge in [-0.05, 0) is 59.8 Å². The molecule has 0 saturated carbocycles. The topological polar surface area (TPSA) is 99.3 Å². The highest BCUT2D eigenvalue weighted by Gasteiger charge is 2.21. The van der Waals surface area contributed by atoms with Gasteiger partial charge in [-0.2, -0.15) is 5.10 Å². The Balaban J connectivity index is 1.58. The largest absolute Gasteiger partial charge is 0.439 e. The molecular formula is C19H15ClN8O. The maximum atomic E-state index is 6.10. The van der Waals surface area contributed by atoms with Crippen molar-refractivity contribution in [2.75, 3.05) is 0 Å². The lowest BCUT2D eigenvalue weighted by Crippen LogP contribution is -1.96. The summed E-state index contributed by atoms with van der Waals surface area (Å²) >= 11 is 5.97. The molecule has 0 aliphatic carbocycles. The predicted molar refractivity (Wildman–Crippen MR) is 107 cm³/mol. The van der Waals surface area contributed by atoms with Crippen molar-refractivity contribution >= 4 is 22.6 Å². The van der Waals surface area contributed by atoms with Gasteiger partial charge < -0.3 is 9.72 Å². The molecule has 0 saturated heterocycles. The first-order chi connectivity index (χ1) is 14.1. The molecule has 0 fully saturated rings. The quantitative estimate of drug-likeness (QED) is 0.488. The fraction of sp³-hybridized carbons (Fsp3) is 0.105. The van der Waals surface area contributed by atoms with Crippen LogP contribution in [0.3, 0.4) is 0 Å². The van der Waals surface area contributed by atoms with Gasteiger partial charge in [-0.1, -0.05) is 11.6 Å². The van der Waals surface area contributed by atoms with Crippen LogP contribution in [0.15, 0.2) is 48.8 Å². The molecule has 0 bridgehead atoms. The molecule has 1 N–H and O–H groups in total. The first-order valence-electron chi connectivity index (χ1n) is 8.79. The zero-order valence-electron chi connectivity index (χ0n) is 15.5. The second-order valence-corrected chi connectivity index (χ2v) is 6.92. The maximum absolute atomic E-state index is 6.10. The summed E-state index contributed by atoms with van der Waals surface area (Å²) in [7, 11) is 1.83. The molecule has 29 heavy (non-hydrogen) atoms. The minimum Gasteiger partial charge on any atom is -0.439 e. The van der Waals surface area contributed by atoms with Crippen molar-refractivity contribution in [2.45, 2.75) is 6.92 Å². The average Bonchev–Trinajstić information content (AvgIpc) is 3.42. The van der Waals surface area contributed by atoms with Crippen molar-refractivity contribution in [2.24, 2.45) is 7.05 Å². The molecular weight excluding hydrogens is 392 g/mol. The van der Waals surface area contributed by atoms with E-state index in [1.807, 2.05) is 44.3 Å². The number of H-pyrrole nitrogens is 1. The van der Waals surface area contributed by atoms with Crippen LogP contribution >= 0.6 is 11.6 Å². The summed E-state index contributed by atoms with van der Waals surface area (Å²) < 4.78 is 9.38. The molecule has 5 aromatic rings. The molecule has 0 aliphatic heterocycles. The summed E-state index contributed by atoms with van der Waals surface area (Å²) in [6.45, 7) is 1.92. The third-order valence-electron chi connectivity index (χ3n) is 4.51. The van der Waals surface area contributed by atoms with Gasteiger partial charge in [0.2, 0.25) is 5.88 Å². The van der Waals surface area contributed by atoms with Crippen LogP contribution in [-0.2, 0) is 7.05 Å². The number of fused-ring (bicyclic) bond motifs is 1. The number of imidazole rings is 1. The van der Waals surface area contributed by atoms with Crippen molar-refractivity contribution in [1.29, 1.82) is 0 Å². The molecule has 3 aromatic heterocycles. The third kappa shape index (κ3) is 3.11. The number of aryl methyl sites for hydroxylation is 2. The highest BCUT2D eigenvalue weighted by Crippen LogP contribution is 2.35. The van der Waals surface area contributed by atoms with Crippen LogP contribution in [0.2, 0.25) is 5.02 Å². The van der Waals surface area contributed by atoms with Gasteiger partial charge >= 0.3 is 0 Å². The van der Waals surface area contributed by atoms with Crippen LogP contribution in [0, 0.1) is 6.92 Å². The number of benzene rings is 2. The number of rotatable bonds is 4. The first kappa shape index (κ1) is 17.4. The summed E-state index contributed by atoms with van der Waals surface area (Å²) in [6.07, 6.45) is 1.54. The molecule has 0 atom stereocenters. The van der Waals surface area contributed by atoms with Gasteiger partial charge in [0.25, 0.3) is 0 Å². The average molecular weight is 407 g/mol. The smallest absolute Gasteiger partial charge is 0.228 e. The Kier molecular flexibility index (Phi) is 4.02. The number of nitrogens with zero attached hydrogens (tertiary/aromatic N) is 7. The van der Waals surface area contributed by atoms with E-state index in [4.69, 9.17) is 21.3 Å². The Labute approximate surface area is 169 Å². The number of hydrogen-bond acceptors (Lipinski definition) is 6.